The number of rotatable bonds is 5. The number of alkyl carbamates (subject to hydrolysis) is 1. The number of benzene rings is 1. The summed E-state index contributed by atoms with van der Waals surface area (Å²) in [7, 11) is 1.57. The maximum atomic E-state index is 10.8. The van der Waals surface area contributed by atoms with Gasteiger partial charge in [0.25, 0.3) is 0 Å². The summed E-state index contributed by atoms with van der Waals surface area (Å²) in [6.45, 7) is 1.19. The van der Waals surface area contributed by atoms with Crippen molar-refractivity contribution >= 4 is 6.09 Å². The number of carbonyl (C=O) groups excluding carboxylic acids is 1. The molecule has 0 aliphatic carbocycles. The molecule has 0 spiro atoms. The predicted molar refractivity (Wildman–Crippen MR) is 64.7 cm³/mol. The second kappa shape index (κ2) is 5.59. The third-order valence-electron chi connectivity index (χ3n) is 2.64. The molecule has 1 heterocycles. The summed E-state index contributed by atoms with van der Waals surface area (Å²) < 4.78 is 15.8. The maximum Gasteiger partial charge on any atom is 0.407 e. The van der Waals surface area contributed by atoms with Crippen LogP contribution in [-0.2, 0) is 11.3 Å². The molecule has 1 saturated heterocycles. The Labute approximate surface area is 105 Å². The molecule has 1 atom stereocenters. The summed E-state index contributed by atoms with van der Waals surface area (Å²) >= 11 is 0. The molecule has 1 fully saturated rings. The van der Waals surface area contributed by atoms with Crippen molar-refractivity contribution in [3.8, 4) is 11.5 Å². The zero-order valence-electron chi connectivity index (χ0n) is 10.1. The van der Waals surface area contributed by atoms with E-state index in [0.29, 0.717) is 24.6 Å². The fourth-order valence-corrected chi connectivity index (χ4v) is 1.67. The highest BCUT2D eigenvalue weighted by atomic mass is 16.6. The van der Waals surface area contributed by atoms with Crippen LogP contribution in [0.15, 0.2) is 18.2 Å². The van der Waals surface area contributed by atoms with Gasteiger partial charge in [-0.2, -0.15) is 0 Å². The van der Waals surface area contributed by atoms with Crippen LogP contribution in [0.1, 0.15) is 5.56 Å². The minimum atomic E-state index is -0.408. The Bertz CT molecular complexity index is 436. The molecule has 6 heteroatoms. The van der Waals surface area contributed by atoms with Gasteiger partial charge in [-0.1, -0.05) is 6.07 Å². The van der Waals surface area contributed by atoms with Crippen molar-refractivity contribution < 1.29 is 19.0 Å². The number of amides is 1. The van der Waals surface area contributed by atoms with Gasteiger partial charge < -0.3 is 25.3 Å². The molecular weight excluding hydrogens is 236 g/mol. The lowest BCUT2D eigenvalue weighted by molar-refractivity contribution is 0.103. The predicted octanol–water partition coefficient (Wildman–Crippen LogP) is 0.641. The minimum absolute atomic E-state index is 0.267. The largest absolute Gasteiger partial charge is 0.493 e. The van der Waals surface area contributed by atoms with Crippen LogP contribution >= 0.6 is 0 Å². The van der Waals surface area contributed by atoms with Crippen LogP contribution in [0.5, 0.6) is 11.5 Å². The molecule has 18 heavy (non-hydrogen) atoms. The monoisotopic (exact) mass is 252 g/mol. The van der Waals surface area contributed by atoms with E-state index in [1.807, 2.05) is 12.1 Å². The molecule has 2 rings (SSSR count). The standard InChI is InChI=1S/C12H16N2O4/c1-16-11-4-8(5-13)2-3-10(11)17-7-9-6-14-12(15)18-9/h2-4,9H,5-7,13H2,1H3,(H,14,15). The molecule has 0 aromatic heterocycles. The van der Waals surface area contributed by atoms with Crippen LogP contribution in [0.25, 0.3) is 0 Å². The van der Waals surface area contributed by atoms with Crippen molar-refractivity contribution in [2.75, 3.05) is 20.3 Å². The van der Waals surface area contributed by atoms with E-state index in [4.69, 9.17) is 19.9 Å². The molecule has 98 valence electrons. The number of ether oxygens (including phenoxy) is 3. The molecule has 0 bridgehead atoms. The highest BCUT2D eigenvalue weighted by Crippen LogP contribution is 2.28. The Hall–Kier alpha value is -1.95. The van der Waals surface area contributed by atoms with Crippen molar-refractivity contribution in [2.24, 2.45) is 5.73 Å². The van der Waals surface area contributed by atoms with Crippen LogP contribution in [0.2, 0.25) is 0 Å². The SMILES string of the molecule is COc1cc(CN)ccc1OCC1CNC(=O)O1. The van der Waals surface area contributed by atoms with E-state index in [1.165, 1.54) is 0 Å². The van der Waals surface area contributed by atoms with Gasteiger partial charge in [0.1, 0.15) is 6.61 Å². The zero-order chi connectivity index (χ0) is 13.0. The number of carbonyl (C=O) groups is 1. The highest BCUT2D eigenvalue weighted by Gasteiger charge is 2.23. The molecule has 1 unspecified atom stereocenters. The van der Waals surface area contributed by atoms with Gasteiger partial charge in [0, 0.05) is 6.54 Å². The van der Waals surface area contributed by atoms with Crippen molar-refractivity contribution in [2.45, 2.75) is 12.6 Å². The van der Waals surface area contributed by atoms with Crippen molar-refractivity contribution in [1.29, 1.82) is 0 Å². The van der Waals surface area contributed by atoms with Gasteiger partial charge in [0.2, 0.25) is 0 Å². The van der Waals surface area contributed by atoms with Gasteiger partial charge in [-0.05, 0) is 17.7 Å². The second-order valence-corrected chi connectivity index (χ2v) is 3.91. The fraction of sp³-hybridized carbons (Fsp3) is 0.417. The minimum Gasteiger partial charge on any atom is -0.493 e. The first-order valence-electron chi connectivity index (χ1n) is 5.67. The van der Waals surface area contributed by atoms with E-state index < -0.39 is 6.09 Å². The molecule has 1 aliphatic heterocycles. The Morgan fingerprint density at radius 2 is 2.33 bits per heavy atom. The van der Waals surface area contributed by atoms with Gasteiger partial charge in [-0.15, -0.1) is 0 Å². The van der Waals surface area contributed by atoms with E-state index in [1.54, 1.807) is 13.2 Å². The summed E-state index contributed by atoms with van der Waals surface area (Å²) in [5.74, 6) is 1.23. The molecule has 1 aromatic carbocycles. The number of cyclic esters (lactones) is 1. The maximum absolute atomic E-state index is 10.8. The van der Waals surface area contributed by atoms with Crippen LogP contribution in [-0.4, -0.2) is 32.5 Å². The van der Waals surface area contributed by atoms with E-state index >= 15 is 0 Å². The number of hydrogen-bond donors (Lipinski definition) is 2. The molecule has 0 saturated carbocycles. The van der Waals surface area contributed by atoms with Crippen LogP contribution < -0.4 is 20.5 Å². The van der Waals surface area contributed by atoms with Crippen LogP contribution in [0.3, 0.4) is 0 Å². The quantitative estimate of drug-likeness (QED) is 0.803. The smallest absolute Gasteiger partial charge is 0.407 e. The number of methoxy groups -OCH3 is 1. The molecule has 1 aromatic rings. The van der Waals surface area contributed by atoms with E-state index in [-0.39, 0.29) is 12.7 Å². The third kappa shape index (κ3) is 2.84. The lowest BCUT2D eigenvalue weighted by atomic mass is 10.2. The Kier molecular flexibility index (Phi) is 3.88. The summed E-state index contributed by atoms with van der Waals surface area (Å²) in [4.78, 5) is 10.8. The third-order valence-corrected chi connectivity index (χ3v) is 2.64. The molecule has 3 N–H and O–H groups in total. The topological polar surface area (TPSA) is 82.8 Å². The molecular formula is C12H16N2O4. The van der Waals surface area contributed by atoms with Crippen LogP contribution in [0, 0.1) is 0 Å². The first-order valence-corrected chi connectivity index (χ1v) is 5.67. The average molecular weight is 252 g/mol. The highest BCUT2D eigenvalue weighted by molar-refractivity contribution is 5.69. The number of nitrogens with two attached hydrogens (primary N) is 1. The summed E-state index contributed by atoms with van der Waals surface area (Å²) in [6.07, 6.45) is -0.676. The van der Waals surface area contributed by atoms with Gasteiger partial charge in [0.05, 0.1) is 13.7 Å². The number of nitrogens with one attached hydrogen (secondary N) is 1. The normalized spacial score (nSPS) is 18.1. The molecule has 0 radical (unpaired) electrons. The van der Waals surface area contributed by atoms with Crippen molar-refractivity contribution in [3.05, 3.63) is 23.8 Å². The van der Waals surface area contributed by atoms with E-state index in [2.05, 4.69) is 5.32 Å². The van der Waals surface area contributed by atoms with Crippen molar-refractivity contribution in [3.63, 3.8) is 0 Å². The average Bonchev–Trinajstić information content (AvgIpc) is 2.82. The number of hydrogen-bond acceptors (Lipinski definition) is 5. The van der Waals surface area contributed by atoms with Gasteiger partial charge >= 0.3 is 6.09 Å². The molecule has 1 amide bonds. The Morgan fingerprint density at radius 1 is 1.50 bits per heavy atom. The van der Waals surface area contributed by atoms with E-state index in [0.717, 1.165) is 5.56 Å². The Morgan fingerprint density at radius 3 is 2.94 bits per heavy atom. The van der Waals surface area contributed by atoms with Gasteiger partial charge in [-0.25, -0.2) is 4.79 Å². The summed E-state index contributed by atoms with van der Waals surface area (Å²) in [5, 5.41) is 2.56. The summed E-state index contributed by atoms with van der Waals surface area (Å²) in [6, 6.07) is 5.50. The fourth-order valence-electron chi connectivity index (χ4n) is 1.67. The first kappa shape index (κ1) is 12.5. The van der Waals surface area contributed by atoms with Crippen molar-refractivity contribution in [1.82, 2.24) is 5.32 Å². The molecule has 6 nitrogen and oxygen atoms in total. The lowest BCUT2D eigenvalue weighted by Gasteiger charge is -2.13. The Balaban J connectivity index is 1.98. The summed E-state index contributed by atoms with van der Waals surface area (Å²) in [5.41, 5.74) is 6.52. The zero-order valence-corrected chi connectivity index (χ0v) is 10.1. The molecule has 1 aliphatic rings. The van der Waals surface area contributed by atoms with Crippen LogP contribution in [0.4, 0.5) is 4.79 Å². The lowest BCUT2D eigenvalue weighted by Crippen LogP contribution is -2.22. The first-order chi connectivity index (χ1) is 8.72. The van der Waals surface area contributed by atoms with E-state index in [9.17, 15) is 4.79 Å². The second-order valence-electron chi connectivity index (χ2n) is 3.91. The van der Waals surface area contributed by atoms with Gasteiger partial charge in [-0.3, -0.25) is 0 Å². The van der Waals surface area contributed by atoms with Gasteiger partial charge in [0.15, 0.2) is 17.6 Å².